The van der Waals surface area contributed by atoms with Gasteiger partial charge in [-0.2, -0.15) is 5.10 Å². The second-order valence-corrected chi connectivity index (χ2v) is 9.79. The molecule has 0 radical (unpaired) electrons. The first-order valence-corrected chi connectivity index (χ1v) is 13.1. The Balaban J connectivity index is 1.20. The van der Waals surface area contributed by atoms with Crippen molar-refractivity contribution in [2.45, 2.75) is 12.8 Å². The van der Waals surface area contributed by atoms with Gasteiger partial charge in [0.25, 0.3) is 0 Å². The average Bonchev–Trinajstić information content (AvgIpc) is 3.72. The smallest absolute Gasteiger partial charge is 0.138 e. The molecular weight excluding hydrogens is 493 g/mol. The monoisotopic (exact) mass is 519 g/mol. The molecule has 5 aromatic heterocycles. The molecule has 0 bridgehead atoms. The van der Waals surface area contributed by atoms with Crippen LogP contribution in [0.15, 0.2) is 73.2 Å². The van der Waals surface area contributed by atoms with Crippen molar-refractivity contribution >= 4 is 22.1 Å². The van der Waals surface area contributed by atoms with Gasteiger partial charge in [-0.05, 0) is 79.5 Å². The highest BCUT2D eigenvalue weighted by Gasteiger charge is 2.17. The second kappa shape index (κ2) is 9.92. The maximum atomic E-state index is 13.9. The molecule has 1 aliphatic heterocycles. The number of nitrogens with one attached hydrogen (secondary N) is 2. The minimum absolute atomic E-state index is 0.279. The molecule has 1 saturated heterocycles. The van der Waals surface area contributed by atoms with E-state index in [1.165, 1.54) is 25.0 Å². The number of ether oxygens (including phenoxy) is 1. The number of rotatable bonds is 7. The molecule has 0 saturated carbocycles. The Hall–Kier alpha value is -4.63. The SMILES string of the molecule is Fc1cccc(-c2ccnc3[nH]c(-c4n[nH]c5ccc(-c6cncc(OCCN7CCCC7)c6)nc45)cc23)c1. The number of halogens is 1. The third-order valence-electron chi connectivity index (χ3n) is 7.21. The van der Waals surface area contributed by atoms with E-state index < -0.39 is 0 Å². The molecule has 1 fully saturated rings. The van der Waals surface area contributed by atoms with E-state index in [2.05, 4.69) is 30.0 Å². The standard InChI is InChI=1S/C30H26FN7O/c31-21-5-3-4-19(14-21)23-8-9-33-30-24(23)16-27(35-30)29-28-26(36-37-29)7-6-25(34-28)20-15-22(18-32-17-20)39-13-12-38-10-1-2-11-38/h3-9,14-18H,1-2,10-13H2,(H,33,35)(H,36,37). The van der Waals surface area contributed by atoms with Crippen LogP contribution in [0.1, 0.15) is 12.8 Å². The lowest BCUT2D eigenvalue weighted by Gasteiger charge is -2.15. The van der Waals surface area contributed by atoms with Gasteiger partial charge >= 0.3 is 0 Å². The fourth-order valence-electron chi connectivity index (χ4n) is 5.25. The molecule has 0 spiro atoms. The van der Waals surface area contributed by atoms with Crippen LogP contribution in [0.4, 0.5) is 4.39 Å². The highest BCUT2D eigenvalue weighted by molar-refractivity contribution is 5.99. The summed E-state index contributed by atoms with van der Waals surface area (Å²) >= 11 is 0. The number of hydrogen-bond acceptors (Lipinski definition) is 6. The van der Waals surface area contributed by atoms with Gasteiger partial charge in [0, 0.05) is 29.9 Å². The molecule has 6 aromatic rings. The Bertz CT molecular complexity index is 1790. The Morgan fingerprint density at radius 3 is 2.79 bits per heavy atom. The summed E-state index contributed by atoms with van der Waals surface area (Å²) in [5, 5.41) is 8.52. The van der Waals surface area contributed by atoms with E-state index in [0.29, 0.717) is 17.9 Å². The number of pyridine rings is 3. The Kier molecular flexibility index (Phi) is 5.97. The summed E-state index contributed by atoms with van der Waals surface area (Å²) in [6.07, 6.45) is 7.78. The van der Waals surface area contributed by atoms with E-state index in [4.69, 9.17) is 9.72 Å². The molecule has 39 heavy (non-hydrogen) atoms. The lowest BCUT2D eigenvalue weighted by Crippen LogP contribution is -2.25. The number of nitrogens with zero attached hydrogens (tertiary/aromatic N) is 5. The van der Waals surface area contributed by atoms with Crippen LogP contribution in [0.3, 0.4) is 0 Å². The maximum absolute atomic E-state index is 13.9. The zero-order valence-corrected chi connectivity index (χ0v) is 21.2. The highest BCUT2D eigenvalue weighted by Crippen LogP contribution is 2.33. The quantitative estimate of drug-likeness (QED) is 0.275. The van der Waals surface area contributed by atoms with E-state index in [-0.39, 0.29) is 5.82 Å². The number of aromatic nitrogens is 6. The minimum atomic E-state index is -0.279. The molecule has 9 heteroatoms. The van der Waals surface area contributed by atoms with Gasteiger partial charge < -0.3 is 9.72 Å². The van der Waals surface area contributed by atoms with Crippen molar-refractivity contribution in [1.29, 1.82) is 0 Å². The van der Waals surface area contributed by atoms with Crippen LogP contribution in [0.2, 0.25) is 0 Å². The van der Waals surface area contributed by atoms with Crippen LogP contribution < -0.4 is 4.74 Å². The van der Waals surface area contributed by atoms with Crippen molar-refractivity contribution in [3.63, 3.8) is 0 Å². The Labute approximate surface area is 223 Å². The molecule has 0 unspecified atom stereocenters. The van der Waals surface area contributed by atoms with Crippen molar-refractivity contribution in [2.75, 3.05) is 26.2 Å². The third kappa shape index (κ3) is 4.61. The van der Waals surface area contributed by atoms with Gasteiger partial charge in [0.1, 0.15) is 35.0 Å². The zero-order valence-electron chi connectivity index (χ0n) is 21.2. The molecule has 2 N–H and O–H groups in total. The van der Waals surface area contributed by atoms with Gasteiger partial charge in [0.05, 0.1) is 23.1 Å². The van der Waals surface area contributed by atoms with Crippen molar-refractivity contribution in [1.82, 2.24) is 35.0 Å². The molecule has 0 atom stereocenters. The molecule has 1 aromatic carbocycles. The highest BCUT2D eigenvalue weighted by atomic mass is 19.1. The maximum Gasteiger partial charge on any atom is 0.138 e. The first-order chi connectivity index (χ1) is 19.2. The largest absolute Gasteiger partial charge is 0.491 e. The summed E-state index contributed by atoms with van der Waals surface area (Å²) < 4.78 is 19.9. The van der Waals surface area contributed by atoms with Crippen LogP contribution in [0.25, 0.3) is 55.8 Å². The lowest BCUT2D eigenvalue weighted by atomic mass is 10.0. The van der Waals surface area contributed by atoms with E-state index in [1.807, 2.05) is 36.4 Å². The lowest BCUT2D eigenvalue weighted by molar-refractivity contribution is 0.237. The Morgan fingerprint density at radius 2 is 1.90 bits per heavy atom. The summed E-state index contributed by atoms with van der Waals surface area (Å²) in [6, 6.07) is 16.3. The summed E-state index contributed by atoms with van der Waals surface area (Å²) in [6.45, 7) is 3.86. The predicted octanol–water partition coefficient (Wildman–Crippen LogP) is 5.84. The number of hydrogen-bond donors (Lipinski definition) is 2. The molecule has 7 rings (SSSR count). The zero-order chi connectivity index (χ0) is 26.2. The number of H-pyrrole nitrogens is 2. The van der Waals surface area contributed by atoms with Crippen LogP contribution >= 0.6 is 0 Å². The minimum Gasteiger partial charge on any atom is -0.491 e. The molecule has 6 heterocycles. The first-order valence-electron chi connectivity index (χ1n) is 13.1. The molecule has 0 amide bonds. The van der Waals surface area contributed by atoms with Crippen molar-refractivity contribution in [3.05, 3.63) is 79.0 Å². The summed E-state index contributed by atoms with van der Waals surface area (Å²) in [4.78, 5) is 19.6. The third-order valence-corrected chi connectivity index (χ3v) is 7.21. The molecule has 8 nitrogen and oxygen atoms in total. The number of benzene rings is 1. The summed E-state index contributed by atoms with van der Waals surface area (Å²) in [5.41, 5.74) is 7.02. The van der Waals surface area contributed by atoms with Crippen molar-refractivity contribution in [3.8, 4) is 39.5 Å². The molecule has 1 aliphatic rings. The van der Waals surface area contributed by atoms with Gasteiger partial charge in [-0.25, -0.2) is 14.4 Å². The van der Waals surface area contributed by atoms with Gasteiger partial charge in [-0.3, -0.25) is 15.0 Å². The van der Waals surface area contributed by atoms with Crippen LogP contribution in [0.5, 0.6) is 5.75 Å². The fourth-order valence-corrected chi connectivity index (χ4v) is 5.25. The van der Waals surface area contributed by atoms with E-state index in [0.717, 1.165) is 69.9 Å². The average molecular weight is 520 g/mol. The number of aromatic amines is 2. The molecule has 194 valence electrons. The van der Waals surface area contributed by atoms with Gasteiger partial charge in [-0.15, -0.1) is 0 Å². The van der Waals surface area contributed by atoms with Crippen molar-refractivity contribution in [2.24, 2.45) is 0 Å². The van der Waals surface area contributed by atoms with Gasteiger partial charge in [-0.1, -0.05) is 12.1 Å². The van der Waals surface area contributed by atoms with Crippen molar-refractivity contribution < 1.29 is 9.13 Å². The van der Waals surface area contributed by atoms with E-state index in [1.54, 1.807) is 24.7 Å². The molecular formula is C30H26FN7O. The number of fused-ring (bicyclic) bond motifs is 2. The van der Waals surface area contributed by atoms with Crippen LogP contribution in [0, 0.1) is 5.82 Å². The summed E-state index contributed by atoms with van der Waals surface area (Å²) in [7, 11) is 0. The normalized spacial score (nSPS) is 14.0. The van der Waals surface area contributed by atoms with E-state index >= 15 is 0 Å². The topological polar surface area (TPSA) is 95.6 Å². The summed E-state index contributed by atoms with van der Waals surface area (Å²) in [5.74, 6) is 0.450. The van der Waals surface area contributed by atoms with Crippen LogP contribution in [-0.2, 0) is 0 Å². The first kappa shape index (κ1) is 23.5. The predicted molar refractivity (Wildman–Crippen MR) is 149 cm³/mol. The Morgan fingerprint density at radius 1 is 0.974 bits per heavy atom. The van der Waals surface area contributed by atoms with Crippen LogP contribution in [-0.4, -0.2) is 61.3 Å². The van der Waals surface area contributed by atoms with Gasteiger partial charge in [0.15, 0.2) is 0 Å². The van der Waals surface area contributed by atoms with Gasteiger partial charge in [0.2, 0.25) is 0 Å². The fraction of sp³-hybridized carbons (Fsp3) is 0.200. The van der Waals surface area contributed by atoms with E-state index in [9.17, 15) is 4.39 Å². The molecule has 0 aliphatic carbocycles. The second-order valence-electron chi connectivity index (χ2n) is 9.79. The number of likely N-dealkylation sites (tertiary alicyclic amines) is 1.